The monoisotopic (exact) mass is 531 g/mol. The molecule has 1 aliphatic heterocycles. The number of para-hydroxylation sites is 1. The summed E-state index contributed by atoms with van der Waals surface area (Å²) in [4.78, 5) is 39.3. The van der Waals surface area contributed by atoms with E-state index in [1.54, 1.807) is 24.3 Å². The van der Waals surface area contributed by atoms with Crippen LogP contribution in [0.3, 0.4) is 0 Å². The number of imide groups is 1. The minimum atomic E-state index is -0.765. The van der Waals surface area contributed by atoms with Crippen LogP contribution in [-0.4, -0.2) is 29.1 Å². The van der Waals surface area contributed by atoms with Crippen molar-refractivity contribution >= 4 is 58.2 Å². The zero-order valence-electron chi connectivity index (χ0n) is 18.1. The number of esters is 1. The van der Waals surface area contributed by atoms with Gasteiger partial charge < -0.3 is 9.47 Å². The van der Waals surface area contributed by atoms with Crippen LogP contribution in [0.4, 0.5) is 9.18 Å². The van der Waals surface area contributed by atoms with Gasteiger partial charge in [0.15, 0.2) is 11.5 Å². The number of carbonyl (C=O) groups excluding carboxylic acids is 3. The fourth-order valence-electron chi connectivity index (χ4n) is 3.29. The number of nitrogens with zero attached hydrogens (tertiary/aromatic N) is 1. The van der Waals surface area contributed by atoms with E-state index in [2.05, 4.69) is 0 Å². The van der Waals surface area contributed by atoms with Gasteiger partial charge in [-0.15, -0.1) is 0 Å². The molecular weight excluding hydrogens is 516 g/mol. The highest BCUT2D eigenvalue weighted by atomic mass is 35.5. The predicted molar refractivity (Wildman–Crippen MR) is 132 cm³/mol. The van der Waals surface area contributed by atoms with Gasteiger partial charge in [-0.1, -0.05) is 53.5 Å². The van der Waals surface area contributed by atoms with E-state index >= 15 is 0 Å². The maximum Gasteiger partial charge on any atom is 0.345 e. The molecule has 1 heterocycles. The third-order valence-corrected chi connectivity index (χ3v) is 6.48. The Hall–Kier alpha value is -3.33. The third kappa shape index (κ3) is 5.35. The third-order valence-electron chi connectivity index (χ3n) is 5.02. The number of hydrogen-bond donors (Lipinski definition) is 0. The molecule has 35 heavy (non-hydrogen) atoms. The zero-order chi connectivity index (χ0) is 25.1. The molecule has 3 aromatic rings. The maximum atomic E-state index is 14.0. The van der Waals surface area contributed by atoms with E-state index in [1.165, 1.54) is 49.6 Å². The summed E-state index contributed by atoms with van der Waals surface area (Å²) < 4.78 is 24.9. The Bertz CT molecular complexity index is 1380. The van der Waals surface area contributed by atoms with Crippen LogP contribution in [0.5, 0.6) is 11.5 Å². The fourth-order valence-corrected chi connectivity index (χ4v) is 4.61. The molecule has 178 valence electrons. The summed E-state index contributed by atoms with van der Waals surface area (Å²) in [5.41, 5.74) is 0.615. The van der Waals surface area contributed by atoms with Gasteiger partial charge in [0.2, 0.25) is 0 Å². The molecule has 4 rings (SSSR count). The average Bonchev–Trinajstić information content (AvgIpc) is 3.08. The fraction of sp³-hybridized carbons (Fsp3) is 0.0800. The van der Waals surface area contributed by atoms with Gasteiger partial charge in [-0.3, -0.25) is 14.5 Å². The Labute approximate surface area is 214 Å². The van der Waals surface area contributed by atoms with E-state index < -0.39 is 22.9 Å². The Morgan fingerprint density at radius 3 is 2.57 bits per heavy atom. The van der Waals surface area contributed by atoms with Gasteiger partial charge in [0.25, 0.3) is 11.1 Å². The first kappa shape index (κ1) is 24.8. The Morgan fingerprint density at radius 2 is 1.86 bits per heavy atom. The minimum absolute atomic E-state index is 0.0342. The second-order valence-electron chi connectivity index (χ2n) is 7.25. The molecule has 10 heteroatoms. The summed E-state index contributed by atoms with van der Waals surface area (Å²) in [5, 5.41) is -0.0808. The van der Waals surface area contributed by atoms with Crippen molar-refractivity contribution in [1.82, 2.24) is 4.90 Å². The lowest BCUT2D eigenvalue weighted by atomic mass is 10.1. The van der Waals surface area contributed by atoms with Gasteiger partial charge in [0.1, 0.15) is 5.82 Å². The molecule has 1 saturated heterocycles. The molecule has 0 aliphatic carbocycles. The molecule has 2 amide bonds. The summed E-state index contributed by atoms with van der Waals surface area (Å²) in [7, 11) is 1.40. The summed E-state index contributed by atoms with van der Waals surface area (Å²) in [6, 6.07) is 15.1. The molecule has 0 N–H and O–H groups in total. The highest BCUT2D eigenvalue weighted by Gasteiger charge is 2.36. The normalized spacial score (nSPS) is 14.5. The molecule has 0 unspecified atom stereocenters. The zero-order valence-corrected chi connectivity index (χ0v) is 20.4. The van der Waals surface area contributed by atoms with Crippen LogP contribution in [0.1, 0.15) is 21.5 Å². The van der Waals surface area contributed by atoms with Crippen LogP contribution < -0.4 is 9.47 Å². The van der Waals surface area contributed by atoms with Gasteiger partial charge in [-0.25, -0.2) is 9.18 Å². The van der Waals surface area contributed by atoms with Crippen LogP contribution in [0.25, 0.3) is 6.08 Å². The smallest absolute Gasteiger partial charge is 0.345 e. The molecule has 0 aromatic heterocycles. The molecule has 1 fully saturated rings. The van der Waals surface area contributed by atoms with E-state index in [0.717, 1.165) is 4.90 Å². The van der Waals surface area contributed by atoms with Gasteiger partial charge in [0.05, 0.1) is 29.1 Å². The topological polar surface area (TPSA) is 72.9 Å². The van der Waals surface area contributed by atoms with Gasteiger partial charge in [-0.2, -0.15) is 0 Å². The standard InChI is InChI=1S/C25H16Cl2FNO5S/c1-33-20-8-4-6-14(22(20)34-24(31)17-10-9-16(26)12-18(17)27)11-21-23(30)29(25(32)35-21)13-15-5-2-3-7-19(15)28/h2-12H,13H2,1H3/b21-11-. The Kier molecular flexibility index (Phi) is 7.45. The molecule has 6 nitrogen and oxygen atoms in total. The van der Waals surface area contributed by atoms with E-state index in [4.69, 9.17) is 32.7 Å². The molecule has 0 spiro atoms. The second-order valence-corrected chi connectivity index (χ2v) is 9.09. The Balaban J connectivity index is 1.64. The Morgan fingerprint density at radius 1 is 1.09 bits per heavy atom. The van der Waals surface area contributed by atoms with Crippen molar-refractivity contribution in [2.24, 2.45) is 0 Å². The van der Waals surface area contributed by atoms with E-state index in [0.29, 0.717) is 22.3 Å². The van der Waals surface area contributed by atoms with Crippen LogP contribution in [0.2, 0.25) is 10.0 Å². The van der Waals surface area contributed by atoms with Crippen molar-refractivity contribution in [1.29, 1.82) is 0 Å². The highest BCUT2D eigenvalue weighted by Crippen LogP contribution is 2.38. The number of hydrogen-bond acceptors (Lipinski definition) is 6. The average molecular weight is 532 g/mol. The molecule has 0 saturated carbocycles. The number of rotatable bonds is 6. The van der Waals surface area contributed by atoms with Crippen molar-refractivity contribution in [3.8, 4) is 11.5 Å². The first-order valence-corrected chi connectivity index (χ1v) is 11.7. The number of thioether (sulfide) groups is 1. The number of benzene rings is 3. The first-order valence-electron chi connectivity index (χ1n) is 10.1. The number of halogens is 3. The van der Waals surface area contributed by atoms with E-state index in [1.807, 2.05) is 0 Å². The van der Waals surface area contributed by atoms with Gasteiger partial charge >= 0.3 is 5.97 Å². The summed E-state index contributed by atoms with van der Waals surface area (Å²) in [5.74, 6) is -1.62. The van der Waals surface area contributed by atoms with Crippen molar-refractivity contribution in [2.45, 2.75) is 6.54 Å². The lowest BCUT2D eigenvalue weighted by molar-refractivity contribution is -0.123. The molecule has 0 atom stereocenters. The van der Waals surface area contributed by atoms with Crippen molar-refractivity contribution in [3.63, 3.8) is 0 Å². The number of amides is 2. The largest absolute Gasteiger partial charge is 0.493 e. The maximum absolute atomic E-state index is 14.0. The second kappa shape index (κ2) is 10.5. The SMILES string of the molecule is COc1cccc(/C=C2\SC(=O)N(Cc3ccccc3F)C2=O)c1OC(=O)c1ccc(Cl)cc1Cl. The van der Waals surface area contributed by atoms with Gasteiger partial charge in [0, 0.05) is 16.1 Å². The van der Waals surface area contributed by atoms with Crippen LogP contribution in [0.15, 0.2) is 65.6 Å². The summed E-state index contributed by atoms with van der Waals surface area (Å²) in [6.07, 6.45) is 1.42. The molecule has 3 aromatic carbocycles. The summed E-state index contributed by atoms with van der Waals surface area (Å²) in [6.45, 7) is -0.205. The number of carbonyl (C=O) groups is 3. The van der Waals surface area contributed by atoms with Crippen molar-refractivity contribution in [2.75, 3.05) is 7.11 Å². The van der Waals surface area contributed by atoms with E-state index in [9.17, 15) is 18.8 Å². The van der Waals surface area contributed by atoms with E-state index in [-0.39, 0.29) is 39.1 Å². The molecule has 1 aliphatic rings. The van der Waals surface area contributed by atoms with Crippen LogP contribution >= 0.6 is 35.0 Å². The van der Waals surface area contributed by atoms with Crippen molar-refractivity contribution < 1.29 is 28.2 Å². The number of methoxy groups -OCH3 is 1. The lowest BCUT2D eigenvalue weighted by Crippen LogP contribution is -2.27. The minimum Gasteiger partial charge on any atom is -0.493 e. The number of ether oxygens (including phenoxy) is 2. The highest BCUT2D eigenvalue weighted by molar-refractivity contribution is 8.18. The van der Waals surface area contributed by atoms with Crippen LogP contribution in [-0.2, 0) is 11.3 Å². The van der Waals surface area contributed by atoms with Crippen LogP contribution in [0, 0.1) is 5.82 Å². The first-order chi connectivity index (χ1) is 16.8. The molecule has 0 radical (unpaired) electrons. The molecular formula is C25H16Cl2FNO5S. The summed E-state index contributed by atoms with van der Waals surface area (Å²) >= 11 is 12.7. The van der Waals surface area contributed by atoms with Gasteiger partial charge in [-0.05, 0) is 48.2 Å². The quantitative estimate of drug-likeness (QED) is 0.203. The lowest BCUT2D eigenvalue weighted by Gasteiger charge is -2.14. The molecule has 0 bridgehead atoms. The predicted octanol–water partition coefficient (Wildman–Crippen LogP) is 6.60. The van der Waals surface area contributed by atoms with Crippen molar-refractivity contribution in [3.05, 3.63) is 98.1 Å².